The lowest BCUT2D eigenvalue weighted by Crippen LogP contribution is -2.37. The van der Waals surface area contributed by atoms with Gasteiger partial charge in [0.2, 0.25) is 0 Å². The van der Waals surface area contributed by atoms with E-state index in [4.69, 9.17) is 15.0 Å². The van der Waals surface area contributed by atoms with Crippen molar-refractivity contribution in [2.24, 2.45) is 10.8 Å². The van der Waals surface area contributed by atoms with E-state index < -0.39 is 5.41 Å². The van der Waals surface area contributed by atoms with Crippen LogP contribution >= 0.6 is 0 Å². The van der Waals surface area contributed by atoms with Crippen molar-refractivity contribution in [2.75, 3.05) is 4.90 Å². The van der Waals surface area contributed by atoms with Crippen molar-refractivity contribution in [3.8, 4) is 56.4 Å². The molecule has 0 fully saturated rings. The van der Waals surface area contributed by atoms with Gasteiger partial charge in [-0.3, -0.25) is 0 Å². The number of hydrogen-bond donors (Lipinski definition) is 0. The van der Waals surface area contributed by atoms with Crippen molar-refractivity contribution in [3.05, 3.63) is 215 Å². The largest absolute Gasteiger partial charge is 0.333 e. The van der Waals surface area contributed by atoms with E-state index >= 15 is 0 Å². The summed E-state index contributed by atoms with van der Waals surface area (Å²) in [5.74, 6) is 1.99. The van der Waals surface area contributed by atoms with Crippen molar-refractivity contribution >= 4 is 16.9 Å². The molecule has 4 aliphatic carbocycles. The first kappa shape index (κ1) is 37.4. The van der Waals surface area contributed by atoms with Crippen LogP contribution in [0.5, 0.6) is 0 Å². The van der Waals surface area contributed by atoms with Gasteiger partial charge in [0.25, 0.3) is 0 Å². The molecule has 0 N–H and O–H groups in total. The molecular weight excluding hydrogens is 777 g/mol. The highest BCUT2D eigenvalue weighted by molar-refractivity contribution is 5.99. The molecule has 1 aliphatic heterocycles. The second-order valence-electron chi connectivity index (χ2n) is 19.7. The molecule has 0 radical (unpaired) electrons. The number of para-hydroxylation sites is 1. The Labute approximate surface area is 375 Å². The van der Waals surface area contributed by atoms with Gasteiger partial charge in [0, 0.05) is 33.6 Å². The predicted octanol–water partition coefficient (Wildman–Crippen LogP) is 14.7. The van der Waals surface area contributed by atoms with Gasteiger partial charge in [0.05, 0.1) is 11.5 Å². The first-order valence-corrected chi connectivity index (χ1v) is 22.9. The average molecular weight is 825 g/mol. The van der Waals surface area contributed by atoms with E-state index in [2.05, 4.69) is 202 Å². The van der Waals surface area contributed by atoms with Gasteiger partial charge in [-0.05, 0) is 116 Å². The van der Waals surface area contributed by atoms with Crippen LogP contribution in [0.15, 0.2) is 187 Å². The molecule has 1 spiro atoms. The minimum atomic E-state index is -0.453. The molecule has 308 valence electrons. The minimum Gasteiger partial charge on any atom is -0.333 e. The van der Waals surface area contributed by atoms with E-state index in [9.17, 15) is 0 Å². The molecule has 0 amide bonds. The number of benzene rings is 7. The number of fused-ring (bicyclic) bond motifs is 13. The van der Waals surface area contributed by atoms with Crippen molar-refractivity contribution in [3.63, 3.8) is 0 Å². The lowest BCUT2D eigenvalue weighted by atomic mass is 9.59. The lowest BCUT2D eigenvalue weighted by molar-refractivity contribution is 0.257. The molecule has 0 saturated heterocycles. The Hall–Kier alpha value is -7.17. The molecule has 5 aliphatic rings. The van der Waals surface area contributed by atoms with Crippen LogP contribution in [0.3, 0.4) is 0 Å². The highest BCUT2D eigenvalue weighted by Gasteiger charge is 2.52. The van der Waals surface area contributed by atoms with Gasteiger partial charge in [-0.25, -0.2) is 15.0 Å². The fourth-order valence-electron chi connectivity index (χ4n) is 12.3. The molecule has 1 unspecified atom stereocenters. The van der Waals surface area contributed by atoms with Gasteiger partial charge in [0.15, 0.2) is 17.5 Å². The molecule has 7 aromatic carbocycles. The summed E-state index contributed by atoms with van der Waals surface area (Å²) in [6.07, 6.45) is 6.04. The molecule has 4 heteroatoms. The smallest absolute Gasteiger partial charge is 0.164 e. The minimum absolute atomic E-state index is 0.173. The molecular formula is C60H48N4. The number of nitrogens with zero attached hydrogens (tertiary/aromatic N) is 4. The van der Waals surface area contributed by atoms with E-state index in [1.54, 1.807) is 11.1 Å². The lowest BCUT2D eigenvalue weighted by Gasteiger charge is -2.47. The highest BCUT2D eigenvalue weighted by atomic mass is 15.2. The van der Waals surface area contributed by atoms with Crippen LogP contribution in [-0.4, -0.2) is 21.0 Å². The molecule has 0 bridgehead atoms. The van der Waals surface area contributed by atoms with Gasteiger partial charge >= 0.3 is 0 Å². The van der Waals surface area contributed by atoms with E-state index in [1.807, 2.05) is 6.07 Å². The first-order valence-electron chi connectivity index (χ1n) is 22.9. The normalized spacial score (nSPS) is 18.7. The van der Waals surface area contributed by atoms with E-state index in [-0.39, 0.29) is 16.9 Å². The number of aromatic nitrogens is 3. The molecule has 13 rings (SSSR count). The van der Waals surface area contributed by atoms with Crippen LogP contribution in [0, 0.1) is 10.8 Å². The quantitative estimate of drug-likeness (QED) is 0.177. The zero-order valence-corrected chi connectivity index (χ0v) is 36.7. The topological polar surface area (TPSA) is 41.9 Å². The summed E-state index contributed by atoms with van der Waals surface area (Å²) < 4.78 is 0. The van der Waals surface area contributed by atoms with Crippen LogP contribution in [0.4, 0.5) is 11.4 Å². The fourth-order valence-corrected chi connectivity index (χ4v) is 12.3. The summed E-state index contributed by atoms with van der Waals surface area (Å²) in [4.78, 5) is 18.5. The maximum atomic E-state index is 5.41. The van der Waals surface area contributed by atoms with Gasteiger partial charge in [-0.1, -0.05) is 179 Å². The summed E-state index contributed by atoms with van der Waals surface area (Å²) in [6.45, 7) is 9.79. The van der Waals surface area contributed by atoms with Crippen LogP contribution in [0.1, 0.15) is 74.8 Å². The summed E-state index contributed by atoms with van der Waals surface area (Å²) in [7, 11) is 0. The van der Waals surface area contributed by atoms with Crippen molar-refractivity contribution in [2.45, 2.75) is 58.4 Å². The van der Waals surface area contributed by atoms with Crippen molar-refractivity contribution < 1.29 is 0 Å². The number of hydrogen-bond acceptors (Lipinski definition) is 4. The van der Waals surface area contributed by atoms with Crippen molar-refractivity contribution in [1.82, 2.24) is 15.0 Å². The van der Waals surface area contributed by atoms with Gasteiger partial charge in [0.1, 0.15) is 0 Å². The zero-order chi connectivity index (χ0) is 43.0. The van der Waals surface area contributed by atoms with E-state index in [0.29, 0.717) is 17.5 Å². The standard InChI is InChI=1S/C60H48N4/c1-58(2)33-34-59(3,4)51-36-53-45(35-50(51)58)42-21-11-15-28-52(42)64(53)39-31-29-38(30-32-39)56-61-55(37-17-6-5-7-18-37)62-57(63-56)44-23-16-27-49-54(44)43-22-10-14-26-48(43)60(49)46-24-12-8-19-40(46)41-20-9-13-25-47(41)60/h5-32,35,53H,33-34,36H2,1-4H3. The number of rotatable bonds is 4. The van der Waals surface area contributed by atoms with Crippen LogP contribution in [0.2, 0.25) is 0 Å². The Balaban J connectivity index is 0.953. The Bertz CT molecular complexity index is 3270. The zero-order valence-electron chi connectivity index (χ0n) is 36.7. The van der Waals surface area contributed by atoms with Crippen LogP contribution < -0.4 is 4.90 Å². The molecule has 8 aromatic rings. The molecule has 0 saturated carbocycles. The molecule has 1 aromatic heterocycles. The third-order valence-electron chi connectivity index (χ3n) is 15.4. The van der Waals surface area contributed by atoms with Gasteiger partial charge < -0.3 is 4.90 Å². The SMILES string of the molecule is CC1(C)CCC(C)(C)C2=C1C=C1c3ccccc3N(c3ccc(-c4nc(-c5ccccc5)nc(-c5cccc6c5-c5ccccc5C65c6ccccc6-c6ccccc65)n4)cc3)C1C2. The second kappa shape index (κ2) is 13.4. The first-order chi connectivity index (χ1) is 31.2. The van der Waals surface area contributed by atoms with Crippen LogP contribution in [0.25, 0.3) is 62.0 Å². The maximum absolute atomic E-state index is 5.41. The summed E-state index contributed by atoms with van der Waals surface area (Å²) in [5.41, 5.74) is 21.4. The third kappa shape index (κ3) is 5.14. The molecule has 2 heterocycles. The Morgan fingerprint density at radius 2 is 0.969 bits per heavy atom. The molecule has 64 heavy (non-hydrogen) atoms. The summed E-state index contributed by atoms with van der Waals surface area (Å²) in [6, 6.07) is 62.1. The van der Waals surface area contributed by atoms with E-state index in [0.717, 1.165) is 23.1 Å². The fraction of sp³-hybridized carbons (Fsp3) is 0.183. The maximum Gasteiger partial charge on any atom is 0.164 e. The average Bonchev–Trinajstić information content (AvgIpc) is 3.95. The monoisotopic (exact) mass is 824 g/mol. The Morgan fingerprint density at radius 1 is 0.453 bits per heavy atom. The Morgan fingerprint density at radius 3 is 1.66 bits per heavy atom. The van der Waals surface area contributed by atoms with Gasteiger partial charge in [-0.2, -0.15) is 0 Å². The number of allylic oxidation sites excluding steroid dienone is 2. The summed E-state index contributed by atoms with van der Waals surface area (Å²) in [5, 5.41) is 0. The number of anilines is 2. The Kier molecular flexibility index (Phi) is 7.84. The summed E-state index contributed by atoms with van der Waals surface area (Å²) >= 11 is 0. The molecule has 4 nitrogen and oxygen atoms in total. The van der Waals surface area contributed by atoms with Gasteiger partial charge in [-0.15, -0.1) is 0 Å². The van der Waals surface area contributed by atoms with Crippen molar-refractivity contribution in [1.29, 1.82) is 0 Å². The van der Waals surface area contributed by atoms with E-state index in [1.165, 1.54) is 79.9 Å². The molecule has 1 atom stereocenters. The second-order valence-corrected chi connectivity index (χ2v) is 19.7. The highest BCUT2D eigenvalue weighted by Crippen LogP contribution is 2.64. The predicted molar refractivity (Wildman–Crippen MR) is 261 cm³/mol. The van der Waals surface area contributed by atoms with Crippen LogP contribution in [-0.2, 0) is 5.41 Å². The third-order valence-corrected chi connectivity index (χ3v) is 15.4.